The van der Waals surface area contributed by atoms with Crippen LogP contribution >= 0.6 is 0 Å². The lowest BCUT2D eigenvalue weighted by molar-refractivity contribution is 0.491. The summed E-state index contributed by atoms with van der Waals surface area (Å²) in [6.45, 7) is 12.3. The monoisotopic (exact) mass is 219 g/mol. The zero-order chi connectivity index (χ0) is 12.4. The predicted octanol–water partition coefficient (Wildman–Crippen LogP) is 3.48. The standard InChI is InChI=1S/C15H25N/c1-14(2,3)12-8-7-9-13(10-12)15(4,5)11-16-6/h7-10,16H,11H2,1-6H3. The molecule has 0 saturated carbocycles. The molecular weight excluding hydrogens is 194 g/mol. The van der Waals surface area contributed by atoms with Gasteiger partial charge in [-0.05, 0) is 23.6 Å². The van der Waals surface area contributed by atoms with E-state index in [0.717, 1.165) is 6.54 Å². The van der Waals surface area contributed by atoms with Gasteiger partial charge in [-0.3, -0.25) is 0 Å². The Balaban J connectivity index is 3.08. The van der Waals surface area contributed by atoms with Crippen LogP contribution in [0.2, 0.25) is 0 Å². The molecule has 1 heteroatoms. The molecule has 16 heavy (non-hydrogen) atoms. The second-order valence-electron chi connectivity index (χ2n) is 6.25. The molecule has 0 aliphatic carbocycles. The summed E-state index contributed by atoms with van der Waals surface area (Å²) < 4.78 is 0. The molecule has 0 radical (unpaired) electrons. The van der Waals surface area contributed by atoms with Crippen LogP contribution < -0.4 is 5.32 Å². The fraction of sp³-hybridized carbons (Fsp3) is 0.600. The number of rotatable bonds is 3. The molecule has 0 heterocycles. The number of hydrogen-bond acceptors (Lipinski definition) is 1. The summed E-state index contributed by atoms with van der Waals surface area (Å²) in [5, 5.41) is 3.26. The zero-order valence-corrected chi connectivity index (χ0v) is 11.5. The highest BCUT2D eigenvalue weighted by Crippen LogP contribution is 2.28. The Kier molecular flexibility index (Phi) is 3.80. The van der Waals surface area contributed by atoms with Crippen LogP contribution in [0, 0.1) is 0 Å². The van der Waals surface area contributed by atoms with Gasteiger partial charge in [-0.2, -0.15) is 0 Å². The molecule has 1 aromatic rings. The molecular formula is C15H25N. The van der Waals surface area contributed by atoms with E-state index in [1.54, 1.807) is 0 Å². The van der Waals surface area contributed by atoms with Crippen molar-refractivity contribution >= 4 is 0 Å². The zero-order valence-electron chi connectivity index (χ0n) is 11.5. The highest BCUT2D eigenvalue weighted by molar-refractivity contribution is 5.33. The lowest BCUT2D eigenvalue weighted by Gasteiger charge is -2.27. The van der Waals surface area contributed by atoms with Crippen molar-refractivity contribution in [1.29, 1.82) is 0 Å². The van der Waals surface area contributed by atoms with Crippen molar-refractivity contribution in [2.75, 3.05) is 13.6 Å². The largest absolute Gasteiger partial charge is 0.319 e. The van der Waals surface area contributed by atoms with Crippen LogP contribution in [0.1, 0.15) is 45.7 Å². The Bertz CT molecular complexity index is 345. The number of hydrogen-bond donors (Lipinski definition) is 1. The number of likely N-dealkylation sites (N-methyl/N-ethyl adjacent to an activating group) is 1. The van der Waals surface area contributed by atoms with E-state index >= 15 is 0 Å². The van der Waals surface area contributed by atoms with E-state index in [9.17, 15) is 0 Å². The SMILES string of the molecule is CNCC(C)(C)c1cccc(C(C)(C)C)c1. The average molecular weight is 219 g/mol. The molecule has 0 bridgehead atoms. The summed E-state index contributed by atoms with van der Waals surface area (Å²) in [5.74, 6) is 0. The number of benzene rings is 1. The minimum Gasteiger partial charge on any atom is -0.319 e. The summed E-state index contributed by atoms with van der Waals surface area (Å²) in [7, 11) is 2.01. The van der Waals surface area contributed by atoms with E-state index < -0.39 is 0 Å². The Morgan fingerprint density at radius 1 is 1.00 bits per heavy atom. The normalized spacial score (nSPS) is 12.9. The third kappa shape index (κ3) is 3.08. The van der Waals surface area contributed by atoms with Crippen LogP contribution in [0.5, 0.6) is 0 Å². The van der Waals surface area contributed by atoms with Gasteiger partial charge in [0.25, 0.3) is 0 Å². The van der Waals surface area contributed by atoms with Crippen molar-refractivity contribution in [2.45, 2.75) is 45.4 Å². The molecule has 1 rings (SSSR count). The van der Waals surface area contributed by atoms with Crippen LogP contribution in [0.15, 0.2) is 24.3 Å². The Morgan fingerprint density at radius 2 is 1.56 bits per heavy atom. The van der Waals surface area contributed by atoms with Crippen molar-refractivity contribution in [1.82, 2.24) is 5.32 Å². The highest BCUT2D eigenvalue weighted by atomic mass is 14.8. The summed E-state index contributed by atoms with van der Waals surface area (Å²) in [5.41, 5.74) is 3.24. The second kappa shape index (κ2) is 4.58. The Labute approximate surface area is 100 Å². The highest BCUT2D eigenvalue weighted by Gasteiger charge is 2.21. The molecule has 0 aliphatic heterocycles. The van der Waals surface area contributed by atoms with Crippen molar-refractivity contribution in [2.24, 2.45) is 0 Å². The van der Waals surface area contributed by atoms with Crippen molar-refractivity contribution < 1.29 is 0 Å². The topological polar surface area (TPSA) is 12.0 Å². The lowest BCUT2D eigenvalue weighted by atomic mass is 9.80. The molecule has 0 fully saturated rings. The second-order valence-corrected chi connectivity index (χ2v) is 6.25. The van der Waals surface area contributed by atoms with E-state index in [1.165, 1.54) is 11.1 Å². The van der Waals surface area contributed by atoms with Crippen LogP contribution in [0.25, 0.3) is 0 Å². The minimum atomic E-state index is 0.190. The maximum Gasteiger partial charge on any atom is 0.00401 e. The molecule has 0 spiro atoms. The number of nitrogens with one attached hydrogen (secondary N) is 1. The summed E-state index contributed by atoms with van der Waals surface area (Å²) in [6.07, 6.45) is 0. The third-order valence-corrected chi connectivity index (χ3v) is 3.13. The van der Waals surface area contributed by atoms with E-state index in [0.29, 0.717) is 0 Å². The van der Waals surface area contributed by atoms with Gasteiger partial charge >= 0.3 is 0 Å². The Morgan fingerprint density at radius 3 is 2.06 bits per heavy atom. The van der Waals surface area contributed by atoms with Crippen LogP contribution in [-0.2, 0) is 10.8 Å². The van der Waals surface area contributed by atoms with Crippen molar-refractivity contribution in [3.05, 3.63) is 35.4 Å². The van der Waals surface area contributed by atoms with Crippen LogP contribution in [0.4, 0.5) is 0 Å². The van der Waals surface area contributed by atoms with E-state index in [2.05, 4.69) is 64.2 Å². The quantitative estimate of drug-likeness (QED) is 0.820. The van der Waals surface area contributed by atoms with Gasteiger partial charge in [-0.1, -0.05) is 58.9 Å². The fourth-order valence-electron chi connectivity index (χ4n) is 1.95. The van der Waals surface area contributed by atoms with Crippen LogP contribution in [-0.4, -0.2) is 13.6 Å². The van der Waals surface area contributed by atoms with Gasteiger partial charge in [0.1, 0.15) is 0 Å². The smallest absolute Gasteiger partial charge is 0.00401 e. The molecule has 0 aliphatic rings. The van der Waals surface area contributed by atoms with E-state index in [1.807, 2.05) is 7.05 Å². The van der Waals surface area contributed by atoms with Gasteiger partial charge in [0.05, 0.1) is 0 Å². The summed E-state index contributed by atoms with van der Waals surface area (Å²) >= 11 is 0. The minimum absolute atomic E-state index is 0.190. The molecule has 0 atom stereocenters. The van der Waals surface area contributed by atoms with Gasteiger partial charge < -0.3 is 5.32 Å². The maximum absolute atomic E-state index is 3.26. The first-order valence-electron chi connectivity index (χ1n) is 6.03. The van der Waals surface area contributed by atoms with Crippen molar-refractivity contribution in [3.8, 4) is 0 Å². The van der Waals surface area contributed by atoms with Gasteiger partial charge in [0.2, 0.25) is 0 Å². The van der Waals surface area contributed by atoms with Gasteiger partial charge in [-0.15, -0.1) is 0 Å². The molecule has 90 valence electrons. The van der Waals surface area contributed by atoms with Gasteiger partial charge in [0, 0.05) is 12.0 Å². The van der Waals surface area contributed by atoms with Crippen LogP contribution in [0.3, 0.4) is 0 Å². The van der Waals surface area contributed by atoms with E-state index in [4.69, 9.17) is 0 Å². The predicted molar refractivity (Wildman–Crippen MR) is 72.1 cm³/mol. The lowest BCUT2D eigenvalue weighted by Crippen LogP contribution is -2.31. The third-order valence-electron chi connectivity index (χ3n) is 3.13. The van der Waals surface area contributed by atoms with E-state index in [-0.39, 0.29) is 10.8 Å². The fourth-order valence-corrected chi connectivity index (χ4v) is 1.95. The molecule has 1 aromatic carbocycles. The summed E-state index contributed by atoms with van der Waals surface area (Å²) in [6, 6.07) is 8.97. The molecule has 0 unspecified atom stereocenters. The molecule has 0 saturated heterocycles. The molecule has 1 nitrogen and oxygen atoms in total. The molecule has 0 amide bonds. The van der Waals surface area contributed by atoms with Gasteiger partial charge in [0.15, 0.2) is 0 Å². The maximum atomic E-state index is 3.26. The summed E-state index contributed by atoms with van der Waals surface area (Å²) in [4.78, 5) is 0. The first-order valence-corrected chi connectivity index (χ1v) is 6.03. The first-order chi connectivity index (χ1) is 7.27. The first kappa shape index (κ1) is 13.2. The average Bonchev–Trinajstić information content (AvgIpc) is 2.16. The Hall–Kier alpha value is -0.820. The molecule has 0 aromatic heterocycles. The van der Waals surface area contributed by atoms with Crippen molar-refractivity contribution in [3.63, 3.8) is 0 Å². The van der Waals surface area contributed by atoms with Gasteiger partial charge in [-0.25, -0.2) is 0 Å². The molecule has 1 N–H and O–H groups in total.